The molecular weight excluding hydrogens is 312 g/mol. The van der Waals surface area contributed by atoms with E-state index in [-0.39, 0.29) is 0 Å². The minimum atomic E-state index is -0.426. The maximum absolute atomic E-state index is 11.9. The first-order chi connectivity index (χ1) is 11.8. The maximum atomic E-state index is 11.9. The number of rotatable bonds is 7. The number of nitrogens with zero attached hydrogens (tertiary/aromatic N) is 3. The summed E-state index contributed by atoms with van der Waals surface area (Å²) >= 11 is 0. The molecule has 1 fully saturated rings. The average molecular weight is 334 g/mol. The second-order valence-electron chi connectivity index (χ2n) is 5.55. The van der Waals surface area contributed by atoms with Gasteiger partial charge < -0.3 is 24.4 Å². The van der Waals surface area contributed by atoms with E-state index in [0.29, 0.717) is 12.2 Å². The topological polar surface area (TPSA) is 86.7 Å². The average Bonchev–Trinajstić information content (AvgIpc) is 3.00. The highest BCUT2D eigenvalue weighted by Gasteiger charge is 2.20. The highest BCUT2D eigenvalue weighted by atomic mass is 16.6. The van der Waals surface area contributed by atoms with Gasteiger partial charge in [-0.25, -0.2) is 0 Å². The van der Waals surface area contributed by atoms with Crippen LogP contribution >= 0.6 is 0 Å². The van der Waals surface area contributed by atoms with E-state index in [4.69, 9.17) is 14.0 Å². The summed E-state index contributed by atoms with van der Waals surface area (Å²) < 4.78 is 16.8. The lowest BCUT2D eigenvalue weighted by atomic mass is 10.3. The molecule has 0 saturated carbocycles. The van der Waals surface area contributed by atoms with E-state index in [2.05, 4.69) is 15.5 Å². The van der Waals surface area contributed by atoms with Crippen LogP contribution in [0.2, 0.25) is 0 Å². The van der Waals surface area contributed by atoms with Crippen LogP contribution in [0.25, 0.3) is 5.69 Å². The smallest absolute Gasteiger partial charge is 0.253 e. The van der Waals surface area contributed by atoms with Crippen LogP contribution in [-0.4, -0.2) is 56.7 Å². The van der Waals surface area contributed by atoms with Gasteiger partial charge in [0.15, 0.2) is 5.95 Å². The number of ether oxygens (including phenoxy) is 2. The Morgan fingerprint density at radius 1 is 1.29 bits per heavy atom. The number of benzene rings is 1. The molecule has 0 bridgehead atoms. The number of morpholine rings is 1. The van der Waals surface area contributed by atoms with E-state index in [1.165, 1.54) is 4.68 Å². The molecule has 0 radical (unpaired) electrons. The standard InChI is InChI=1S/C16H22N4O4/c1-22-14-4-2-13(3-5-14)20-15(16(21)24-18-20)12-17-6-7-19-8-10-23-11-9-19/h2-5,17H,6-12H2,1H3. The molecule has 1 N–H and O–H groups in total. The first kappa shape index (κ1) is 16.7. The van der Waals surface area contributed by atoms with E-state index >= 15 is 0 Å². The molecule has 0 spiro atoms. The molecule has 0 amide bonds. The molecule has 1 saturated heterocycles. The largest absolute Gasteiger partial charge is 0.539 e. The first-order valence-electron chi connectivity index (χ1n) is 8.01. The van der Waals surface area contributed by atoms with Crippen molar-refractivity contribution >= 4 is 0 Å². The van der Waals surface area contributed by atoms with Gasteiger partial charge >= 0.3 is 0 Å². The van der Waals surface area contributed by atoms with Crippen LogP contribution < -0.4 is 19.8 Å². The van der Waals surface area contributed by atoms with E-state index in [9.17, 15) is 5.11 Å². The van der Waals surface area contributed by atoms with Crippen molar-refractivity contribution in [2.75, 3.05) is 46.5 Å². The third-order valence-electron chi connectivity index (χ3n) is 4.01. The van der Waals surface area contributed by atoms with E-state index in [1.54, 1.807) is 7.11 Å². The summed E-state index contributed by atoms with van der Waals surface area (Å²) in [5.74, 6) is 0.320. The Morgan fingerprint density at radius 2 is 2.04 bits per heavy atom. The van der Waals surface area contributed by atoms with Gasteiger partial charge in [0.2, 0.25) is 5.69 Å². The Labute approximate surface area is 140 Å². The Balaban J connectivity index is 1.57. The molecular formula is C16H22N4O4. The predicted octanol–water partition coefficient (Wildman–Crippen LogP) is -0.545. The molecule has 130 valence electrons. The molecule has 2 aromatic rings. The normalized spacial score (nSPS) is 15.5. The zero-order valence-electron chi connectivity index (χ0n) is 13.7. The van der Waals surface area contributed by atoms with Crippen LogP contribution in [-0.2, 0) is 11.3 Å². The zero-order valence-corrected chi connectivity index (χ0v) is 13.7. The Morgan fingerprint density at radius 3 is 2.75 bits per heavy atom. The lowest BCUT2D eigenvalue weighted by molar-refractivity contribution is -0.677. The third-order valence-corrected chi connectivity index (χ3v) is 4.01. The number of hydrogen-bond acceptors (Lipinski definition) is 7. The van der Waals surface area contributed by atoms with Crippen molar-refractivity contribution in [2.45, 2.75) is 6.54 Å². The quantitative estimate of drug-likeness (QED) is 0.537. The Hall–Kier alpha value is -2.16. The summed E-state index contributed by atoms with van der Waals surface area (Å²) in [4.78, 5) is 2.33. The molecule has 1 aliphatic heterocycles. The minimum Gasteiger partial charge on any atom is -0.539 e. The van der Waals surface area contributed by atoms with Crippen molar-refractivity contribution in [3.63, 3.8) is 0 Å². The van der Waals surface area contributed by atoms with Gasteiger partial charge in [0, 0.05) is 38.3 Å². The fourth-order valence-corrected chi connectivity index (χ4v) is 2.61. The summed E-state index contributed by atoms with van der Waals surface area (Å²) in [5.41, 5.74) is 1.23. The van der Waals surface area contributed by atoms with Crippen LogP contribution in [0.4, 0.5) is 0 Å². The summed E-state index contributed by atoms with van der Waals surface area (Å²) in [6, 6.07) is 7.30. The predicted molar refractivity (Wildman–Crippen MR) is 83.0 cm³/mol. The molecule has 0 atom stereocenters. The van der Waals surface area contributed by atoms with Gasteiger partial charge in [0.1, 0.15) is 5.75 Å². The molecule has 3 rings (SSSR count). The number of hydrogen-bond donors (Lipinski definition) is 1. The number of nitrogens with one attached hydrogen (secondary N) is 1. The van der Waals surface area contributed by atoms with Gasteiger partial charge in [0.25, 0.3) is 5.69 Å². The SMILES string of the molecule is COc1ccc(-[n+]2noc([O-])c2CNCCN2CCOCC2)cc1. The molecule has 1 aromatic carbocycles. The van der Waals surface area contributed by atoms with E-state index in [1.807, 2.05) is 24.3 Å². The van der Waals surface area contributed by atoms with Crippen molar-refractivity contribution in [1.29, 1.82) is 0 Å². The Kier molecular flexibility index (Phi) is 5.63. The van der Waals surface area contributed by atoms with E-state index < -0.39 is 5.95 Å². The first-order valence-corrected chi connectivity index (χ1v) is 8.01. The zero-order chi connectivity index (χ0) is 16.8. The van der Waals surface area contributed by atoms with Crippen molar-refractivity contribution in [3.05, 3.63) is 30.0 Å². The van der Waals surface area contributed by atoms with Gasteiger partial charge in [0.05, 0.1) is 32.1 Å². The van der Waals surface area contributed by atoms with Crippen molar-refractivity contribution in [3.8, 4) is 17.4 Å². The van der Waals surface area contributed by atoms with Gasteiger partial charge in [-0.2, -0.15) is 0 Å². The monoisotopic (exact) mass is 334 g/mol. The second-order valence-corrected chi connectivity index (χ2v) is 5.55. The summed E-state index contributed by atoms with van der Waals surface area (Å²) in [5, 5.41) is 19.0. The fourth-order valence-electron chi connectivity index (χ4n) is 2.61. The van der Waals surface area contributed by atoms with Crippen LogP contribution in [0.15, 0.2) is 28.8 Å². The molecule has 0 unspecified atom stereocenters. The van der Waals surface area contributed by atoms with Crippen LogP contribution in [0.1, 0.15) is 5.69 Å². The molecule has 8 heteroatoms. The molecule has 24 heavy (non-hydrogen) atoms. The fraction of sp³-hybridized carbons (Fsp3) is 0.500. The molecule has 8 nitrogen and oxygen atoms in total. The van der Waals surface area contributed by atoms with Gasteiger partial charge in [-0.3, -0.25) is 4.90 Å². The molecule has 1 aliphatic rings. The second kappa shape index (κ2) is 8.09. The van der Waals surface area contributed by atoms with Crippen LogP contribution in [0.3, 0.4) is 0 Å². The molecule has 0 aliphatic carbocycles. The van der Waals surface area contributed by atoms with Crippen molar-refractivity contribution in [2.24, 2.45) is 0 Å². The summed E-state index contributed by atoms with van der Waals surface area (Å²) in [6.07, 6.45) is 0. The minimum absolute atomic E-state index is 0.401. The highest BCUT2D eigenvalue weighted by Crippen LogP contribution is 2.14. The lowest BCUT2D eigenvalue weighted by Gasteiger charge is -2.26. The summed E-state index contributed by atoms with van der Waals surface area (Å²) in [7, 11) is 1.61. The maximum Gasteiger partial charge on any atom is 0.253 e. The molecule has 1 aromatic heterocycles. The van der Waals surface area contributed by atoms with Gasteiger partial charge in [-0.1, -0.05) is 0 Å². The van der Waals surface area contributed by atoms with Crippen LogP contribution in [0, 0.1) is 0 Å². The number of methoxy groups -OCH3 is 1. The van der Waals surface area contributed by atoms with Crippen molar-refractivity contribution in [1.82, 2.24) is 15.5 Å². The van der Waals surface area contributed by atoms with Gasteiger partial charge in [-0.05, 0) is 16.8 Å². The van der Waals surface area contributed by atoms with Crippen LogP contribution in [0.5, 0.6) is 11.7 Å². The lowest BCUT2D eigenvalue weighted by Crippen LogP contribution is -2.42. The molecule has 2 heterocycles. The van der Waals surface area contributed by atoms with Gasteiger partial charge in [-0.15, -0.1) is 0 Å². The summed E-state index contributed by atoms with van der Waals surface area (Å²) in [6.45, 7) is 5.58. The third kappa shape index (κ3) is 4.02. The number of aromatic nitrogens is 2. The Bertz CT molecular complexity index is 638. The van der Waals surface area contributed by atoms with Crippen molar-refractivity contribution < 1.29 is 23.8 Å². The van der Waals surface area contributed by atoms with E-state index in [0.717, 1.165) is 50.8 Å². The highest BCUT2D eigenvalue weighted by molar-refractivity contribution is 5.31.